The van der Waals surface area contributed by atoms with Gasteiger partial charge in [-0.3, -0.25) is 0 Å². The van der Waals surface area contributed by atoms with Crippen molar-refractivity contribution in [2.24, 2.45) is 0 Å². The molecule has 3 rings (SSSR count). The number of halogens is 6. The number of hydrogen-bond acceptors (Lipinski definition) is 4. The van der Waals surface area contributed by atoms with E-state index in [2.05, 4.69) is 15.0 Å². The van der Waals surface area contributed by atoms with Gasteiger partial charge in [0.05, 0.1) is 7.11 Å². The van der Waals surface area contributed by atoms with Crippen LogP contribution in [-0.2, 0) is 7.59 Å². The minimum atomic E-state index is -1.80. The third kappa shape index (κ3) is 3.91. The zero-order chi connectivity index (χ0) is 19.1. The van der Waals surface area contributed by atoms with E-state index in [1.165, 1.54) is 18.7 Å². The summed E-state index contributed by atoms with van der Waals surface area (Å²) in [7, 11) is 1.54. The van der Waals surface area contributed by atoms with Gasteiger partial charge in [-0.2, -0.15) is 0 Å². The molecule has 0 spiro atoms. The third-order valence-electron chi connectivity index (χ3n) is 3.67. The van der Waals surface area contributed by atoms with E-state index in [-0.39, 0.29) is 5.56 Å². The predicted octanol–water partition coefficient (Wildman–Crippen LogP) is 6.35. The number of methoxy groups -OCH3 is 1. The first-order valence-corrected chi connectivity index (χ1v) is 9.31. The lowest BCUT2D eigenvalue weighted by molar-refractivity contribution is 0.415. The Bertz CT molecular complexity index is 954. The maximum absolute atomic E-state index is 6.20. The van der Waals surface area contributed by atoms with Crippen molar-refractivity contribution >= 4 is 80.4 Å². The second-order valence-electron chi connectivity index (χ2n) is 5.22. The van der Waals surface area contributed by atoms with Crippen LogP contribution in [0.3, 0.4) is 0 Å². The number of alkyl halides is 6. The molecule has 0 atom stereocenters. The number of ether oxygens (including phenoxy) is 1. The van der Waals surface area contributed by atoms with Crippen molar-refractivity contribution in [3.8, 4) is 17.1 Å². The van der Waals surface area contributed by atoms with Gasteiger partial charge in [-0.15, -0.1) is 0 Å². The molecule has 0 aliphatic heterocycles. The van der Waals surface area contributed by atoms with Gasteiger partial charge in [0, 0.05) is 16.7 Å². The Morgan fingerprint density at radius 1 is 0.808 bits per heavy atom. The maximum Gasteiger partial charge on any atom is 0.216 e. The van der Waals surface area contributed by atoms with Crippen molar-refractivity contribution in [3.63, 3.8) is 0 Å². The van der Waals surface area contributed by atoms with E-state index in [9.17, 15) is 0 Å². The summed E-state index contributed by atoms with van der Waals surface area (Å²) < 4.78 is 1.72. The van der Waals surface area contributed by atoms with Gasteiger partial charge in [0.2, 0.25) is 7.59 Å². The van der Waals surface area contributed by atoms with Gasteiger partial charge < -0.3 is 4.74 Å². The van der Waals surface area contributed by atoms with Crippen molar-refractivity contribution in [2.45, 2.75) is 7.59 Å². The lowest BCUT2D eigenvalue weighted by Crippen LogP contribution is -2.10. The molecule has 0 aliphatic carbocycles. The predicted molar refractivity (Wildman–Crippen MR) is 108 cm³/mol. The topological polar surface area (TPSA) is 47.9 Å². The molecule has 10 heteroatoms. The second-order valence-corrected chi connectivity index (χ2v) is 9.78. The van der Waals surface area contributed by atoms with Crippen molar-refractivity contribution < 1.29 is 4.74 Å². The number of rotatable bonds is 2. The first-order valence-electron chi connectivity index (χ1n) is 7.04. The summed E-state index contributed by atoms with van der Waals surface area (Å²) in [5, 5.41) is 1.25. The monoisotopic (exact) mass is 469 g/mol. The van der Waals surface area contributed by atoms with Gasteiger partial charge in [-0.1, -0.05) is 69.6 Å². The fourth-order valence-corrected chi connectivity index (χ4v) is 3.51. The molecule has 4 nitrogen and oxygen atoms in total. The van der Waals surface area contributed by atoms with E-state index in [4.69, 9.17) is 74.3 Å². The molecule has 0 bridgehead atoms. The van der Waals surface area contributed by atoms with E-state index < -0.39 is 7.59 Å². The largest absolute Gasteiger partial charge is 0.497 e. The SMILES string of the molecule is COc1ccc2c(-c3ncncn3)c(C(Cl)(Cl)Cl)cc(C(Cl)(Cl)Cl)c2c1. The Morgan fingerprint density at radius 3 is 1.96 bits per heavy atom. The van der Waals surface area contributed by atoms with Gasteiger partial charge in [-0.25, -0.2) is 15.0 Å². The van der Waals surface area contributed by atoms with Crippen LogP contribution in [0.25, 0.3) is 22.2 Å². The number of fused-ring (bicyclic) bond motifs is 1. The van der Waals surface area contributed by atoms with E-state index in [0.717, 1.165) is 0 Å². The van der Waals surface area contributed by atoms with E-state index >= 15 is 0 Å². The first-order chi connectivity index (χ1) is 12.1. The summed E-state index contributed by atoms with van der Waals surface area (Å²) >= 11 is 37.1. The van der Waals surface area contributed by atoms with Gasteiger partial charge in [-0.05, 0) is 35.0 Å². The molecule has 0 saturated carbocycles. The molecular formula is C16H9Cl6N3O. The Labute approximate surface area is 179 Å². The standard InChI is InChI=1S/C16H9Cl6N3O/c1-26-8-2-3-9-10(4-8)11(15(17,18)19)5-12(16(20,21)22)13(9)14-24-6-23-7-25-14/h2-7H,1H3. The number of benzene rings is 2. The van der Waals surface area contributed by atoms with Crippen LogP contribution in [0.4, 0.5) is 0 Å². The zero-order valence-corrected chi connectivity index (χ0v) is 17.5. The van der Waals surface area contributed by atoms with Gasteiger partial charge in [0.1, 0.15) is 18.4 Å². The number of hydrogen-bond donors (Lipinski definition) is 0. The smallest absolute Gasteiger partial charge is 0.216 e. The summed E-state index contributed by atoms with van der Waals surface area (Å²) in [6.45, 7) is 0. The van der Waals surface area contributed by atoms with Crippen LogP contribution in [0.2, 0.25) is 0 Å². The van der Waals surface area contributed by atoms with Crippen LogP contribution in [0.5, 0.6) is 5.75 Å². The molecule has 0 unspecified atom stereocenters. The summed E-state index contributed by atoms with van der Waals surface area (Å²) in [5.41, 5.74) is 1.13. The second kappa shape index (κ2) is 7.34. The van der Waals surface area contributed by atoms with Crippen LogP contribution in [0.15, 0.2) is 36.9 Å². The normalized spacial score (nSPS) is 12.4. The Balaban J connectivity index is 2.52. The minimum Gasteiger partial charge on any atom is -0.497 e. The van der Waals surface area contributed by atoms with Crippen molar-refractivity contribution in [2.75, 3.05) is 7.11 Å². The molecule has 0 N–H and O–H groups in total. The van der Waals surface area contributed by atoms with Crippen LogP contribution in [-0.4, -0.2) is 22.1 Å². The molecule has 0 fully saturated rings. The Kier molecular flexibility index (Phi) is 5.65. The van der Waals surface area contributed by atoms with Gasteiger partial charge in [0.25, 0.3) is 0 Å². The molecule has 26 heavy (non-hydrogen) atoms. The summed E-state index contributed by atoms with van der Waals surface area (Å²) in [6.07, 6.45) is 2.70. The summed E-state index contributed by atoms with van der Waals surface area (Å²) in [5.74, 6) is 0.906. The zero-order valence-electron chi connectivity index (χ0n) is 13.0. The quantitative estimate of drug-likeness (QED) is 0.408. The van der Waals surface area contributed by atoms with Crippen molar-refractivity contribution in [3.05, 3.63) is 48.0 Å². The Morgan fingerprint density at radius 2 is 1.42 bits per heavy atom. The average molecular weight is 472 g/mol. The highest BCUT2D eigenvalue weighted by Crippen LogP contribution is 2.50. The maximum atomic E-state index is 6.20. The van der Waals surface area contributed by atoms with E-state index in [1.807, 2.05) is 0 Å². The lowest BCUT2D eigenvalue weighted by Gasteiger charge is -2.23. The molecule has 3 aromatic rings. The molecule has 0 radical (unpaired) electrons. The van der Waals surface area contributed by atoms with Gasteiger partial charge >= 0.3 is 0 Å². The van der Waals surface area contributed by atoms with E-state index in [0.29, 0.717) is 33.5 Å². The number of nitrogens with zero attached hydrogens (tertiary/aromatic N) is 3. The van der Waals surface area contributed by atoms with Crippen LogP contribution < -0.4 is 4.74 Å². The van der Waals surface area contributed by atoms with Crippen LogP contribution in [0, 0.1) is 0 Å². The summed E-state index contributed by atoms with van der Waals surface area (Å²) in [6, 6.07) is 6.78. The molecular weight excluding hydrogens is 463 g/mol. The fourth-order valence-electron chi connectivity index (χ4n) is 2.60. The Hall–Kier alpha value is -0.750. The lowest BCUT2D eigenvalue weighted by atomic mass is 9.94. The summed E-state index contributed by atoms with van der Waals surface area (Å²) in [4.78, 5) is 12.2. The molecule has 1 heterocycles. The molecule has 1 aromatic heterocycles. The highest BCUT2D eigenvalue weighted by Gasteiger charge is 2.34. The molecule has 0 amide bonds. The first kappa shape index (κ1) is 20.0. The molecule has 0 saturated heterocycles. The number of aromatic nitrogens is 3. The molecule has 2 aromatic carbocycles. The highest BCUT2D eigenvalue weighted by molar-refractivity contribution is 6.68. The van der Waals surface area contributed by atoms with Crippen LogP contribution >= 0.6 is 69.6 Å². The van der Waals surface area contributed by atoms with Gasteiger partial charge in [0.15, 0.2) is 5.82 Å². The average Bonchev–Trinajstić information content (AvgIpc) is 2.58. The highest BCUT2D eigenvalue weighted by atomic mass is 35.6. The van der Waals surface area contributed by atoms with Crippen molar-refractivity contribution in [1.82, 2.24) is 15.0 Å². The fraction of sp³-hybridized carbons (Fsp3) is 0.188. The third-order valence-corrected chi connectivity index (χ3v) is 4.89. The molecule has 136 valence electrons. The minimum absolute atomic E-state index is 0.285. The molecule has 0 aliphatic rings. The van der Waals surface area contributed by atoms with Crippen LogP contribution in [0.1, 0.15) is 11.1 Å². The van der Waals surface area contributed by atoms with E-state index in [1.54, 1.807) is 25.3 Å². The van der Waals surface area contributed by atoms with Crippen molar-refractivity contribution in [1.29, 1.82) is 0 Å².